The molecule has 100 valence electrons. The number of aromatic nitrogens is 6. The average molecular weight is 285 g/mol. The van der Waals surface area contributed by atoms with E-state index in [9.17, 15) is 0 Å². The van der Waals surface area contributed by atoms with E-state index in [4.69, 9.17) is 5.73 Å². The molecule has 0 aliphatic carbocycles. The van der Waals surface area contributed by atoms with Gasteiger partial charge in [0, 0.05) is 18.9 Å². The average Bonchev–Trinajstić information content (AvgIpc) is 2.97. The Kier molecular flexibility index (Phi) is 3.66. The van der Waals surface area contributed by atoms with Crippen LogP contribution in [0.4, 0.5) is 0 Å². The minimum absolute atomic E-state index is 0.322. The van der Waals surface area contributed by atoms with Crippen LogP contribution in [0.1, 0.15) is 5.69 Å². The summed E-state index contributed by atoms with van der Waals surface area (Å²) in [6, 6.07) is 9.66. The van der Waals surface area contributed by atoms with Crippen molar-refractivity contribution >= 4 is 11.8 Å². The molecule has 0 saturated carbocycles. The number of benzene rings is 1. The fourth-order valence-corrected chi connectivity index (χ4v) is 2.49. The van der Waals surface area contributed by atoms with Gasteiger partial charge in [0.1, 0.15) is 5.03 Å². The molecule has 0 unspecified atom stereocenters. The highest BCUT2D eigenvalue weighted by molar-refractivity contribution is 7.99. The SMILES string of the molecule is NCc1nccnc1Sc1nnnn1-c1ccccc1. The molecule has 3 rings (SSSR count). The Balaban J connectivity index is 1.95. The molecule has 0 amide bonds. The highest BCUT2D eigenvalue weighted by Gasteiger charge is 2.13. The van der Waals surface area contributed by atoms with Gasteiger partial charge in [0.2, 0.25) is 5.16 Å². The third-order valence-electron chi connectivity index (χ3n) is 2.56. The van der Waals surface area contributed by atoms with Crippen molar-refractivity contribution in [1.29, 1.82) is 0 Å². The van der Waals surface area contributed by atoms with Crippen molar-refractivity contribution in [2.45, 2.75) is 16.7 Å². The summed E-state index contributed by atoms with van der Waals surface area (Å²) in [6.45, 7) is 0.322. The van der Waals surface area contributed by atoms with Gasteiger partial charge in [0.25, 0.3) is 0 Å². The number of rotatable bonds is 4. The van der Waals surface area contributed by atoms with Gasteiger partial charge < -0.3 is 5.73 Å². The summed E-state index contributed by atoms with van der Waals surface area (Å²) in [6.07, 6.45) is 3.24. The van der Waals surface area contributed by atoms with Gasteiger partial charge in [0.15, 0.2) is 0 Å². The van der Waals surface area contributed by atoms with Gasteiger partial charge in [-0.05, 0) is 34.3 Å². The zero-order valence-electron chi connectivity index (χ0n) is 10.4. The normalized spacial score (nSPS) is 10.7. The van der Waals surface area contributed by atoms with Crippen LogP contribution >= 0.6 is 11.8 Å². The maximum Gasteiger partial charge on any atom is 0.220 e. The van der Waals surface area contributed by atoms with Crippen LogP contribution in [0, 0.1) is 0 Å². The molecule has 0 aliphatic rings. The Labute approximate surface area is 119 Å². The Hall–Kier alpha value is -2.32. The van der Waals surface area contributed by atoms with E-state index >= 15 is 0 Å². The lowest BCUT2D eigenvalue weighted by Crippen LogP contribution is -2.04. The number of hydrogen-bond donors (Lipinski definition) is 1. The number of nitrogens with two attached hydrogens (primary N) is 1. The van der Waals surface area contributed by atoms with Crippen LogP contribution in [0.2, 0.25) is 0 Å². The van der Waals surface area contributed by atoms with Crippen molar-refractivity contribution < 1.29 is 0 Å². The van der Waals surface area contributed by atoms with Gasteiger partial charge in [-0.1, -0.05) is 18.2 Å². The molecule has 0 aliphatic heterocycles. The van der Waals surface area contributed by atoms with Crippen LogP contribution < -0.4 is 5.73 Å². The van der Waals surface area contributed by atoms with E-state index in [0.29, 0.717) is 16.7 Å². The first-order valence-corrected chi connectivity index (χ1v) is 6.71. The van der Waals surface area contributed by atoms with Gasteiger partial charge in [-0.3, -0.25) is 4.98 Å². The molecule has 3 aromatic rings. The van der Waals surface area contributed by atoms with Crippen LogP contribution in [0.15, 0.2) is 52.9 Å². The molecular weight excluding hydrogens is 274 g/mol. The lowest BCUT2D eigenvalue weighted by Gasteiger charge is -2.05. The number of para-hydroxylation sites is 1. The second-order valence-corrected chi connectivity index (χ2v) is 4.78. The summed E-state index contributed by atoms with van der Waals surface area (Å²) in [5.74, 6) is 0. The van der Waals surface area contributed by atoms with E-state index in [1.165, 1.54) is 11.8 Å². The van der Waals surface area contributed by atoms with Crippen molar-refractivity contribution in [3.8, 4) is 5.69 Å². The van der Waals surface area contributed by atoms with Crippen molar-refractivity contribution in [3.05, 3.63) is 48.4 Å². The lowest BCUT2D eigenvalue weighted by molar-refractivity contribution is 0.755. The third-order valence-corrected chi connectivity index (χ3v) is 3.53. The Morgan fingerprint density at radius 2 is 1.90 bits per heavy atom. The second-order valence-electron chi connectivity index (χ2n) is 3.82. The summed E-state index contributed by atoms with van der Waals surface area (Å²) in [5, 5.41) is 13.1. The fourth-order valence-electron chi connectivity index (χ4n) is 1.64. The van der Waals surface area contributed by atoms with Crippen LogP contribution in [-0.2, 0) is 6.54 Å². The van der Waals surface area contributed by atoms with Gasteiger partial charge in [-0.15, -0.1) is 5.10 Å². The summed E-state index contributed by atoms with van der Waals surface area (Å²) in [7, 11) is 0. The summed E-state index contributed by atoms with van der Waals surface area (Å²) >= 11 is 1.34. The van der Waals surface area contributed by atoms with Gasteiger partial charge in [-0.2, -0.15) is 4.68 Å². The summed E-state index contributed by atoms with van der Waals surface area (Å²) in [4.78, 5) is 8.46. The molecule has 2 aromatic heterocycles. The van der Waals surface area contributed by atoms with Gasteiger partial charge >= 0.3 is 0 Å². The molecule has 20 heavy (non-hydrogen) atoms. The molecule has 0 bridgehead atoms. The lowest BCUT2D eigenvalue weighted by atomic mass is 10.3. The number of tetrazole rings is 1. The molecule has 0 spiro atoms. The maximum absolute atomic E-state index is 5.65. The minimum atomic E-state index is 0.322. The molecular formula is C12H11N7S. The van der Waals surface area contributed by atoms with E-state index in [0.717, 1.165) is 11.4 Å². The quantitative estimate of drug-likeness (QED) is 0.765. The molecule has 7 nitrogen and oxygen atoms in total. The molecule has 0 saturated heterocycles. The zero-order chi connectivity index (χ0) is 13.8. The molecule has 1 aromatic carbocycles. The summed E-state index contributed by atoms with van der Waals surface area (Å²) < 4.78 is 1.65. The van der Waals surface area contributed by atoms with E-state index < -0.39 is 0 Å². The minimum Gasteiger partial charge on any atom is -0.325 e. The Morgan fingerprint density at radius 1 is 1.10 bits per heavy atom. The molecule has 2 N–H and O–H groups in total. The summed E-state index contributed by atoms with van der Waals surface area (Å²) in [5.41, 5.74) is 7.26. The Morgan fingerprint density at radius 3 is 2.70 bits per heavy atom. The first-order valence-electron chi connectivity index (χ1n) is 5.90. The van der Waals surface area contributed by atoms with Crippen molar-refractivity contribution in [3.63, 3.8) is 0 Å². The third kappa shape index (κ3) is 2.51. The van der Waals surface area contributed by atoms with E-state index in [-0.39, 0.29) is 0 Å². The number of hydrogen-bond acceptors (Lipinski definition) is 7. The van der Waals surface area contributed by atoms with Crippen molar-refractivity contribution in [2.75, 3.05) is 0 Å². The molecule has 0 radical (unpaired) electrons. The van der Waals surface area contributed by atoms with E-state index in [1.54, 1.807) is 17.1 Å². The molecule has 8 heteroatoms. The second kappa shape index (κ2) is 5.76. The monoisotopic (exact) mass is 285 g/mol. The molecule has 0 fully saturated rings. The standard InChI is InChI=1S/C12H11N7S/c13-8-10-11(15-7-6-14-10)20-12-16-17-18-19(12)9-4-2-1-3-5-9/h1-7H,8,13H2. The van der Waals surface area contributed by atoms with Crippen LogP contribution in [-0.4, -0.2) is 30.2 Å². The maximum atomic E-state index is 5.65. The topological polar surface area (TPSA) is 95.4 Å². The van der Waals surface area contributed by atoms with E-state index in [1.807, 2.05) is 30.3 Å². The first kappa shape index (κ1) is 12.7. The van der Waals surface area contributed by atoms with Crippen LogP contribution in [0.25, 0.3) is 5.69 Å². The zero-order valence-corrected chi connectivity index (χ0v) is 11.2. The smallest absolute Gasteiger partial charge is 0.220 e. The highest BCUT2D eigenvalue weighted by Crippen LogP contribution is 2.26. The fraction of sp³-hybridized carbons (Fsp3) is 0.0833. The van der Waals surface area contributed by atoms with Crippen molar-refractivity contribution in [1.82, 2.24) is 30.2 Å². The van der Waals surface area contributed by atoms with Crippen LogP contribution in [0.5, 0.6) is 0 Å². The predicted octanol–water partition coefficient (Wildman–Crippen LogP) is 1.06. The van der Waals surface area contributed by atoms with Crippen LogP contribution in [0.3, 0.4) is 0 Å². The number of nitrogens with zero attached hydrogens (tertiary/aromatic N) is 6. The highest BCUT2D eigenvalue weighted by atomic mass is 32.2. The first-order chi connectivity index (χ1) is 9.88. The van der Waals surface area contributed by atoms with Crippen molar-refractivity contribution in [2.24, 2.45) is 5.73 Å². The Bertz CT molecular complexity index is 698. The van der Waals surface area contributed by atoms with Gasteiger partial charge in [-0.25, -0.2) is 4.98 Å². The van der Waals surface area contributed by atoms with E-state index in [2.05, 4.69) is 25.5 Å². The predicted molar refractivity (Wildman–Crippen MR) is 73.2 cm³/mol. The molecule has 0 atom stereocenters. The van der Waals surface area contributed by atoms with Gasteiger partial charge in [0.05, 0.1) is 11.4 Å². The largest absolute Gasteiger partial charge is 0.325 e. The molecule has 2 heterocycles.